The number of nitrogens with zero attached hydrogens (tertiary/aromatic N) is 4. The van der Waals surface area contributed by atoms with Crippen molar-refractivity contribution in [2.45, 2.75) is 6.42 Å². The van der Waals surface area contributed by atoms with Crippen molar-refractivity contribution in [2.75, 3.05) is 6.61 Å². The van der Waals surface area contributed by atoms with Gasteiger partial charge < -0.3 is 5.11 Å². The van der Waals surface area contributed by atoms with Gasteiger partial charge in [-0.3, -0.25) is 0 Å². The number of halogens is 1. The molecule has 0 radical (unpaired) electrons. The minimum atomic E-state index is 0.0148. The van der Waals surface area contributed by atoms with Crippen LogP contribution in [0.5, 0.6) is 0 Å². The number of rotatable bonds is 3. The third kappa shape index (κ3) is 2.14. The number of benzene rings is 1. The first-order valence-corrected chi connectivity index (χ1v) is 4.83. The largest absolute Gasteiger partial charge is 0.396 e. The first kappa shape index (κ1) is 10.1. The SMILES string of the molecule is OCCc1nnnn1-c1cccc(Cl)c1. The fourth-order valence-corrected chi connectivity index (χ4v) is 1.45. The van der Waals surface area contributed by atoms with Gasteiger partial charge in [0, 0.05) is 11.4 Å². The van der Waals surface area contributed by atoms with Crippen LogP contribution in [0.25, 0.3) is 5.69 Å². The van der Waals surface area contributed by atoms with Gasteiger partial charge in [0.25, 0.3) is 0 Å². The van der Waals surface area contributed by atoms with Crippen molar-refractivity contribution in [3.05, 3.63) is 35.1 Å². The average Bonchev–Trinajstić information content (AvgIpc) is 2.66. The number of aliphatic hydroxyl groups excluding tert-OH is 1. The normalized spacial score (nSPS) is 10.5. The minimum Gasteiger partial charge on any atom is -0.396 e. The molecule has 0 unspecified atom stereocenters. The summed E-state index contributed by atoms with van der Waals surface area (Å²) in [5, 5.41) is 20.7. The molecule has 0 saturated carbocycles. The van der Waals surface area contributed by atoms with E-state index in [0.717, 1.165) is 5.69 Å². The van der Waals surface area contributed by atoms with Crippen LogP contribution in [-0.2, 0) is 6.42 Å². The van der Waals surface area contributed by atoms with Gasteiger partial charge in [-0.2, -0.15) is 4.68 Å². The summed E-state index contributed by atoms with van der Waals surface area (Å²) in [5.74, 6) is 0.611. The fourth-order valence-electron chi connectivity index (χ4n) is 1.27. The molecule has 0 aliphatic heterocycles. The van der Waals surface area contributed by atoms with E-state index in [1.165, 1.54) is 0 Å². The molecule has 0 bridgehead atoms. The summed E-state index contributed by atoms with van der Waals surface area (Å²) in [5.41, 5.74) is 0.788. The first-order chi connectivity index (χ1) is 7.31. The summed E-state index contributed by atoms with van der Waals surface area (Å²) in [7, 11) is 0. The molecule has 1 heterocycles. The molecular weight excluding hydrogens is 216 g/mol. The Morgan fingerprint density at radius 2 is 2.27 bits per heavy atom. The van der Waals surface area contributed by atoms with Crippen LogP contribution in [0.1, 0.15) is 5.82 Å². The fraction of sp³-hybridized carbons (Fsp3) is 0.222. The van der Waals surface area contributed by atoms with Gasteiger partial charge in [-0.1, -0.05) is 17.7 Å². The van der Waals surface area contributed by atoms with Crippen LogP contribution in [0.3, 0.4) is 0 Å². The predicted octanol–water partition coefficient (Wildman–Crippen LogP) is 0.850. The molecule has 1 N–H and O–H groups in total. The van der Waals surface area contributed by atoms with E-state index in [1.54, 1.807) is 16.8 Å². The zero-order valence-corrected chi connectivity index (χ0v) is 8.59. The van der Waals surface area contributed by atoms with Gasteiger partial charge in [-0.15, -0.1) is 5.10 Å². The van der Waals surface area contributed by atoms with E-state index >= 15 is 0 Å². The second kappa shape index (κ2) is 4.37. The zero-order chi connectivity index (χ0) is 10.7. The maximum absolute atomic E-state index is 8.83. The van der Waals surface area contributed by atoms with Gasteiger partial charge in [0.1, 0.15) is 0 Å². The lowest BCUT2D eigenvalue weighted by molar-refractivity contribution is 0.295. The summed E-state index contributed by atoms with van der Waals surface area (Å²) in [6.45, 7) is 0.0148. The Bertz CT molecular complexity index is 457. The van der Waals surface area contributed by atoms with Crippen molar-refractivity contribution in [3.8, 4) is 5.69 Å². The molecule has 1 aromatic carbocycles. The van der Waals surface area contributed by atoms with E-state index in [4.69, 9.17) is 16.7 Å². The van der Waals surface area contributed by atoms with Crippen LogP contribution in [0.4, 0.5) is 0 Å². The summed E-state index contributed by atoms with van der Waals surface area (Å²) >= 11 is 5.86. The van der Waals surface area contributed by atoms with E-state index in [-0.39, 0.29) is 6.61 Å². The van der Waals surface area contributed by atoms with Crippen molar-refractivity contribution in [2.24, 2.45) is 0 Å². The molecule has 0 atom stereocenters. The Morgan fingerprint density at radius 3 is 3.00 bits per heavy atom. The quantitative estimate of drug-likeness (QED) is 0.840. The van der Waals surface area contributed by atoms with E-state index < -0.39 is 0 Å². The van der Waals surface area contributed by atoms with Crippen molar-refractivity contribution >= 4 is 11.6 Å². The van der Waals surface area contributed by atoms with Gasteiger partial charge in [0.05, 0.1) is 12.3 Å². The van der Waals surface area contributed by atoms with Gasteiger partial charge >= 0.3 is 0 Å². The summed E-state index contributed by atoms with van der Waals surface area (Å²) in [6.07, 6.45) is 0.416. The van der Waals surface area contributed by atoms with Gasteiger partial charge in [-0.25, -0.2) is 0 Å². The number of aliphatic hydroxyl groups is 1. The molecule has 2 rings (SSSR count). The lowest BCUT2D eigenvalue weighted by Crippen LogP contribution is -2.05. The highest BCUT2D eigenvalue weighted by Gasteiger charge is 2.07. The Balaban J connectivity index is 2.40. The van der Waals surface area contributed by atoms with Crippen molar-refractivity contribution in [1.82, 2.24) is 20.2 Å². The molecule has 0 amide bonds. The molecule has 1 aromatic heterocycles. The molecule has 0 aliphatic carbocycles. The van der Waals surface area contributed by atoms with E-state index in [9.17, 15) is 0 Å². The highest BCUT2D eigenvalue weighted by Crippen LogP contribution is 2.14. The molecule has 2 aromatic rings. The smallest absolute Gasteiger partial charge is 0.158 e. The van der Waals surface area contributed by atoms with E-state index in [1.807, 2.05) is 12.1 Å². The zero-order valence-electron chi connectivity index (χ0n) is 7.84. The maximum Gasteiger partial charge on any atom is 0.158 e. The number of hydrogen-bond acceptors (Lipinski definition) is 4. The van der Waals surface area contributed by atoms with E-state index in [0.29, 0.717) is 17.3 Å². The van der Waals surface area contributed by atoms with E-state index in [2.05, 4.69) is 15.5 Å². The lowest BCUT2D eigenvalue weighted by Gasteiger charge is -2.03. The second-order valence-electron chi connectivity index (χ2n) is 2.96. The standard InChI is InChI=1S/C9H9ClN4O/c10-7-2-1-3-8(6-7)14-9(4-5-15)11-12-13-14/h1-3,6,15H,4-5H2. The van der Waals surface area contributed by atoms with Gasteiger partial charge in [-0.05, 0) is 28.6 Å². The Kier molecular flexibility index (Phi) is 2.94. The highest BCUT2D eigenvalue weighted by atomic mass is 35.5. The number of aromatic nitrogens is 4. The summed E-state index contributed by atoms with van der Waals surface area (Å²) in [6, 6.07) is 7.21. The predicted molar refractivity (Wildman–Crippen MR) is 55.0 cm³/mol. The van der Waals surface area contributed by atoms with Gasteiger partial charge in [0.2, 0.25) is 0 Å². The topological polar surface area (TPSA) is 63.8 Å². The lowest BCUT2D eigenvalue weighted by atomic mass is 10.3. The molecule has 78 valence electrons. The van der Waals surface area contributed by atoms with Crippen LogP contribution < -0.4 is 0 Å². The van der Waals surface area contributed by atoms with Crippen LogP contribution in [0.15, 0.2) is 24.3 Å². The molecule has 0 fully saturated rings. The monoisotopic (exact) mass is 224 g/mol. The molecule has 5 nitrogen and oxygen atoms in total. The summed E-state index contributed by atoms with van der Waals surface area (Å²) in [4.78, 5) is 0. The third-order valence-corrected chi connectivity index (χ3v) is 2.16. The van der Waals surface area contributed by atoms with Crippen molar-refractivity contribution in [1.29, 1.82) is 0 Å². The average molecular weight is 225 g/mol. The Labute approximate surface area is 91.3 Å². The molecule has 15 heavy (non-hydrogen) atoms. The van der Waals surface area contributed by atoms with Gasteiger partial charge in [0.15, 0.2) is 5.82 Å². The van der Waals surface area contributed by atoms with Crippen molar-refractivity contribution in [3.63, 3.8) is 0 Å². The minimum absolute atomic E-state index is 0.0148. The number of tetrazole rings is 1. The van der Waals surface area contributed by atoms with Crippen LogP contribution in [0, 0.1) is 0 Å². The Hall–Kier alpha value is -1.46. The maximum atomic E-state index is 8.83. The van der Waals surface area contributed by atoms with Crippen LogP contribution in [-0.4, -0.2) is 31.9 Å². The summed E-state index contributed by atoms with van der Waals surface area (Å²) < 4.78 is 1.56. The molecule has 0 spiro atoms. The molecule has 0 saturated heterocycles. The second-order valence-corrected chi connectivity index (χ2v) is 3.40. The van der Waals surface area contributed by atoms with Crippen LogP contribution >= 0.6 is 11.6 Å². The number of hydrogen-bond donors (Lipinski definition) is 1. The molecular formula is C9H9ClN4O. The van der Waals surface area contributed by atoms with Crippen LogP contribution in [0.2, 0.25) is 5.02 Å². The molecule has 0 aliphatic rings. The van der Waals surface area contributed by atoms with Crippen molar-refractivity contribution < 1.29 is 5.11 Å². The Morgan fingerprint density at radius 1 is 1.40 bits per heavy atom. The third-order valence-electron chi connectivity index (χ3n) is 1.92. The first-order valence-electron chi connectivity index (χ1n) is 4.45. The molecule has 6 heteroatoms. The highest BCUT2D eigenvalue weighted by molar-refractivity contribution is 6.30.